The Balaban J connectivity index is 1.68. The van der Waals surface area contributed by atoms with Crippen LogP contribution in [0.3, 0.4) is 0 Å². The molecule has 0 bridgehead atoms. The smallest absolute Gasteiger partial charge is 0.245 e. The van der Waals surface area contributed by atoms with E-state index in [2.05, 4.69) is 5.32 Å². The van der Waals surface area contributed by atoms with E-state index in [4.69, 9.17) is 0 Å². The molecule has 1 saturated heterocycles. The molecule has 0 unspecified atom stereocenters. The second kappa shape index (κ2) is 9.45. The highest BCUT2D eigenvalue weighted by atomic mass is 32.2. The molecule has 0 aliphatic carbocycles. The third-order valence-corrected chi connectivity index (χ3v) is 7.56. The van der Waals surface area contributed by atoms with Gasteiger partial charge < -0.3 is 5.32 Å². The van der Waals surface area contributed by atoms with Crippen LogP contribution in [0.1, 0.15) is 36.3 Å². The first-order valence-corrected chi connectivity index (χ1v) is 12.0. The van der Waals surface area contributed by atoms with Gasteiger partial charge >= 0.3 is 0 Å². The molecule has 1 fully saturated rings. The minimum atomic E-state index is -3.67. The maximum atomic E-state index is 13.4. The van der Waals surface area contributed by atoms with Crippen LogP contribution in [0.2, 0.25) is 0 Å². The summed E-state index contributed by atoms with van der Waals surface area (Å²) in [5.74, 6) is -0.813. The lowest BCUT2D eigenvalue weighted by atomic mass is 9.90. The number of anilines is 1. The number of carbonyl (C=O) groups excluding carboxylic acids is 1. The van der Waals surface area contributed by atoms with Crippen molar-refractivity contribution in [2.75, 3.05) is 18.4 Å². The van der Waals surface area contributed by atoms with E-state index in [-0.39, 0.29) is 10.8 Å². The minimum Gasteiger partial charge on any atom is -0.324 e. The molecule has 4 rings (SSSR count). The van der Waals surface area contributed by atoms with Crippen molar-refractivity contribution in [3.05, 3.63) is 96.1 Å². The number of piperidine rings is 1. The molecule has 1 heterocycles. The lowest BCUT2D eigenvalue weighted by Gasteiger charge is -2.27. The van der Waals surface area contributed by atoms with E-state index < -0.39 is 15.9 Å². The molecule has 0 aromatic heterocycles. The maximum absolute atomic E-state index is 13.4. The topological polar surface area (TPSA) is 66.5 Å². The highest BCUT2D eigenvalue weighted by Gasteiger charge is 2.30. The quantitative estimate of drug-likeness (QED) is 0.615. The Morgan fingerprint density at radius 1 is 0.742 bits per heavy atom. The summed E-state index contributed by atoms with van der Waals surface area (Å²) in [6.45, 7) is 1.03. The Hall–Kier alpha value is -2.96. The second-order valence-corrected chi connectivity index (χ2v) is 9.61. The average molecular weight is 435 g/mol. The van der Waals surface area contributed by atoms with Crippen LogP contribution < -0.4 is 5.32 Å². The van der Waals surface area contributed by atoms with Crippen LogP contribution in [0.4, 0.5) is 5.69 Å². The molecule has 1 aliphatic heterocycles. The minimum absolute atomic E-state index is 0.144. The van der Waals surface area contributed by atoms with Crippen LogP contribution in [0.15, 0.2) is 89.8 Å². The molecule has 3 aromatic carbocycles. The summed E-state index contributed by atoms with van der Waals surface area (Å²) in [5, 5.41) is 2.91. The fourth-order valence-electron chi connectivity index (χ4n) is 4.03. The molecule has 3 aromatic rings. The summed E-state index contributed by atoms with van der Waals surface area (Å²) in [6, 6.07) is 25.7. The van der Waals surface area contributed by atoms with Crippen molar-refractivity contribution in [1.82, 2.24) is 4.31 Å². The van der Waals surface area contributed by atoms with Crippen molar-refractivity contribution < 1.29 is 13.2 Å². The van der Waals surface area contributed by atoms with Gasteiger partial charge in [0.05, 0.1) is 11.6 Å². The number of hydrogen-bond acceptors (Lipinski definition) is 3. The maximum Gasteiger partial charge on any atom is 0.245 e. The second-order valence-electron chi connectivity index (χ2n) is 7.70. The van der Waals surface area contributed by atoms with Crippen molar-refractivity contribution in [2.24, 2.45) is 0 Å². The molecule has 0 atom stereocenters. The molecule has 160 valence electrons. The number of amides is 1. The van der Waals surface area contributed by atoms with Crippen molar-refractivity contribution in [3.63, 3.8) is 0 Å². The predicted molar refractivity (Wildman–Crippen MR) is 122 cm³/mol. The van der Waals surface area contributed by atoms with Crippen LogP contribution in [-0.2, 0) is 14.8 Å². The van der Waals surface area contributed by atoms with Crippen LogP contribution in [-0.4, -0.2) is 31.7 Å². The summed E-state index contributed by atoms with van der Waals surface area (Å²) in [6.07, 6.45) is 2.76. The molecule has 6 heteroatoms. The molecule has 0 radical (unpaired) electrons. The zero-order valence-electron chi connectivity index (χ0n) is 17.3. The van der Waals surface area contributed by atoms with Gasteiger partial charge in [0.15, 0.2) is 0 Å². The number of nitrogens with zero attached hydrogens (tertiary/aromatic N) is 1. The van der Waals surface area contributed by atoms with Gasteiger partial charge in [0.1, 0.15) is 4.90 Å². The van der Waals surface area contributed by atoms with Gasteiger partial charge in [-0.2, -0.15) is 4.31 Å². The number of para-hydroxylation sites is 1. The van der Waals surface area contributed by atoms with Gasteiger partial charge in [-0.05, 0) is 36.1 Å². The molecule has 1 amide bonds. The van der Waals surface area contributed by atoms with E-state index in [0.717, 1.165) is 30.4 Å². The first-order valence-electron chi connectivity index (χ1n) is 10.6. The molecule has 1 aliphatic rings. The van der Waals surface area contributed by atoms with Crippen LogP contribution in [0.25, 0.3) is 0 Å². The highest BCUT2D eigenvalue weighted by Crippen LogP contribution is 2.30. The van der Waals surface area contributed by atoms with E-state index in [1.54, 1.807) is 24.3 Å². The van der Waals surface area contributed by atoms with E-state index in [1.165, 1.54) is 4.31 Å². The Bertz CT molecular complexity index is 1090. The van der Waals surface area contributed by atoms with E-state index >= 15 is 0 Å². The summed E-state index contributed by atoms with van der Waals surface area (Å²) in [4.78, 5) is 13.6. The standard InChI is InChI=1S/C25H26N2O3S/c28-25(24(20-12-4-1-5-13-20)21-14-6-2-7-15-21)26-22-16-8-9-17-23(22)31(29,30)27-18-10-3-11-19-27/h1-2,4-9,12-17,24H,3,10-11,18-19H2,(H,26,28). The third kappa shape index (κ3) is 4.70. The molecular weight excluding hydrogens is 408 g/mol. The number of nitrogens with one attached hydrogen (secondary N) is 1. The number of hydrogen-bond donors (Lipinski definition) is 1. The van der Waals surface area contributed by atoms with Gasteiger partial charge in [-0.1, -0.05) is 79.2 Å². The molecule has 5 nitrogen and oxygen atoms in total. The number of benzene rings is 3. The zero-order chi connectivity index (χ0) is 21.7. The van der Waals surface area contributed by atoms with Gasteiger partial charge in [-0.15, -0.1) is 0 Å². The monoisotopic (exact) mass is 434 g/mol. The Morgan fingerprint density at radius 2 is 1.26 bits per heavy atom. The molecule has 0 spiro atoms. The number of carbonyl (C=O) groups is 1. The lowest BCUT2D eigenvalue weighted by Crippen LogP contribution is -2.36. The third-order valence-electron chi connectivity index (χ3n) is 5.61. The van der Waals surface area contributed by atoms with Crippen LogP contribution >= 0.6 is 0 Å². The van der Waals surface area contributed by atoms with Gasteiger partial charge in [0.2, 0.25) is 15.9 Å². The normalized spacial score (nSPS) is 15.0. The molecule has 31 heavy (non-hydrogen) atoms. The van der Waals surface area contributed by atoms with Crippen LogP contribution in [0.5, 0.6) is 0 Å². The SMILES string of the molecule is O=C(Nc1ccccc1S(=O)(=O)N1CCCCC1)C(c1ccccc1)c1ccccc1. The summed E-state index contributed by atoms with van der Waals surface area (Å²) in [5.41, 5.74) is 2.01. The Labute approximate surface area is 183 Å². The summed E-state index contributed by atoms with van der Waals surface area (Å²) < 4.78 is 28.1. The van der Waals surface area contributed by atoms with Crippen molar-refractivity contribution >= 4 is 21.6 Å². The zero-order valence-corrected chi connectivity index (χ0v) is 18.1. The number of sulfonamides is 1. The van der Waals surface area contributed by atoms with Crippen molar-refractivity contribution in [2.45, 2.75) is 30.1 Å². The van der Waals surface area contributed by atoms with Gasteiger partial charge in [-0.3, -0.25) is 4.79 Å². The van der Waals surface area contributed by atoms with Gasteiger partial charge in [0.25, 0.3) is 0 Å². The van der Waals surface area contributed by atoms with Gasteiger partial charge in [0, 0.05) is 13.1 Å². The largest absolute Gasteiger partial charge is 0.324 e. The summed E-state index contributed by atoms with van der Waals surface area (Å²) in [7, 11) is -3.67. The van der Waals surface area contributed by atoms with Crippen LogP contribution in [0, 0.1) is 0 Å². The van der Waals surface area contributed by atoms with E-state index in [0.29, 0.717) is 18.8 Å². The predicted octanol–water partition coefficient (Wildman–Crippen LogP) is 4.63. The van der Waals surface area contributed by atoms with Crippen molar-refractivity contribution in [3.8, 4) is 0 Å². The lowest BCUT2D eigenvalue weighted by molar-refractivity contribution is -0.116. The molecule has 0 saturated carbocycles. The first kappa shape index (κ1) is 21.3. The highest BCUT2D eigenvalue weighted by molar-refractivity contribution is 7.89. The average Bonchev–Trinajstić information content (AvgIpc) is 2.81. The molecule has 1 N–H and O–H groups in total. The number of rotatable bonds is 6. The van der Waals surface area contributed by atoms with E-state index in [1.807, 2.05) is 60.7 Å². The fraction of sp³-hybridized carbons (Fsp3) is 0.240. The van der Waals surface area contributed by atoms with Crippen molar-refractivity contribution in [1.29, 1.82) is 0 Å². The summed E-state index contributed by atoms with van der Waals surface area (Å²) >= 11 is 0. The Kier molecular flexibility index (Phi) is 6.49. The van der Waals surface area contributed by atoms with E-state index in [9.17, 15) is 13.2 Å². The first-order chi connectivity index (χ1) is 15.1. The van der Waals surface area contributed by atoms with Gasteiger partial charge in [-0.25, -0.2) is 8.42 Å². The molecular formula is C25H26N2O3S. The Morgan fingerprint density at radius 3 is 1.84 bits per heavy atom. The fourth-order valence-corrected chi connectivity index (χ4v) is 5.69.